The largest absolute Gasteiger partial charge is 0.397 e. The van der Waals surface area contributed by atoms with E-state index < -0.39 is 10.0 Å². The minimum Gasteiger partial charge on any atom is -0.397 e. The highest BCUT2D eigenvalue weighted by Gasteiger charge is 2.18. The van der Waals surface area contributed by atoms with Crippen molar-refractivity contribution >= 4 is 32.7 Å². The third-order valence-corrected chi connectivity index (χ3v) is 5.33. The Morgan fingerprint density at radius 1 is 1.40 bits per heavy atom. The van der Waals surface area contributed by atoms with E-state index >= 15 is 0 Å². The molecule has 20 heavy (non-hydrogen) atoms. The van der Waals surface area contributed by atoms with Crippen LogP contribution in [0.15, 0.2) is 34.8 Å². The number of nitrogens with one attached hydrogen (secondary N) is 1. The van der Waals surface area contributed by atoms with Crippen LogP contribution >= 0.6 is 11.3 Å². The second-order valence-corrected chi connectivity index (χ2v) is 7.48. The van der Waals surface area contributed by atoms with Gasteiger partial charge in [-0.25, -0.2) is 12.7 Å². The van der Waals surface area contributed by atoms with Crippen molar-refractivity contribution in [3.05, 3.63) is 34.8 Å². The van der Waals surface area contributed by atoms with Crippen molar-refractivity contribution in [3.8, 4) is 0 Å². The van der Waals surface area contributed by atoms with Gasteiger partial charge in [-0.05, 0) is 18.2 Å². The average Bonchev–Trinajstić information content (AvgIpc) is 2.90. The molecule has 0 aliphatic rings. The lowest BCUT2D eigenvalue weighted by molar-refractivity contribution is 0.521. The third-order valence-electron chi connectivity index (χ3n) is 2.74. The molecular formula is C12H16N4O2S2. The van der Waals surface area contributed by atoms with Crippen molar-refractivity contribution in [1.29, 1.82) is 0 Å². The fourth-order valence-corrected chi connectivity index (χ4v) is 3.06. The Kier molecular flexibility index (Phi) is 4.26. The summed E-state index contributed by atoms with van der Waals surface area (Å²) in [6.07, 6.45) is 1.78. The van der Waals surface area contributed by atoms with Gasteiger partial charge in [-0.2, -0.15) is 0 Å². The van der Waals surface area contributed by atoms with Crippen molar-refractivity contribution < 1.29 is 8.42 Å². The number of nitrogens with two attached hydrogens (primary N) is 1. The number of benzene rings is 1. The molecule has 0 aliphatic carbocycles. The molecule has 2 rings (SSSR count). The summed E-state index contributed by atoms with van der Waals surface area (Å²) in [5.41, 5.74) is 8.76. The van der Waals surface area contributed by atoms with E-state index in [4.69, 9.17) is 5.73 Å². The van der Waals surface area contributed by atoms with Gasteiger partial charge in [-0.3, -0.25) is 4.98 Å². The van der Waals surface area contributed by atoms with Crippen LogP contribution in [-0.2, 0) is 16.6 Å². The summed E-state index contributed by atoms with van der Waals surface area (Å²) >= 11 is 1.54. The van der Waals surface area contributed by atoms with Gasteiger partial charge in [-0.1, -0.05) is 0 Å². The van der Waals surface area contributed by atoms with E-state index in [1.54, 1.807) is 35.2 Å². The van der Waals surface area contributed by atoms with E-state index in [9.17, 15) is 8.42 Å². The molecule has 0 fully saturated rings. The Morgan fingerprint density at radius 3 is 2.70 bits per heavy atom. The molecule has 0 amide bonds. The van der Waals surface area contributed by atoms with Gasteiger partial charge in [0.2, 0.25) is 10.0 Å². The van der Waals surface area contributed by atoms with Gasteiger partial charge in [0.1, 0.15) is 0 Å². The first-order valence-electron chi connectivity index (χ1n) is 5.84. The summed E-state index contributed by atoms with van der Waals surface area (Å²) in [7, 11) is -0.482. The molecule has 0 radical (unpaired) electrons. The summed E-state index contributed by atoms with van der Waals surface area (Å²) in [5.74, 6) is 0. The number of aromatic nitrogens is 1. The lowest BCUT2D eigenvalue weighted by Crippen LogP contribution is -2.22. The van der Waals surface area contributed by atoms with Crippen LogP contribution < -0.4 is 11.1 Å². The molecular weight excluding hydrogens is 296 g/mol. The van der Waals surface area contributed by atoms with Gasteiger partial charge >= 0.3 is 0 Å². The maximum absolute atomic E-state index is 12.0. The van der Waals surface area contributed by atoms with Crippen LogP contribution in [0.4, 0.5) is 11.4 Å². The van der Waals surface area contributed by atoms with Crippen LogP contribution in [0.3, 0.4) is 0 Å². The molecule has 0 unspecified atom stereocenters. The molecule has 0 spiro atoms. The Balaban J connectivity index is 2.18. The smallest absolute Gasteiger partial charge is 0.242 e. The molecule has 1 heterocycles. The van der Waals surface area contributed by atoms with Crippen LogP contribution in [0.1, 0.15) is 4.88 Å². The predicted octanol–water partition coefficient (Wildman–Crippen LogP) is 1.59. The molecule has 0 saturated heterocycles. The molecule has 1 aromatic heterocycles. The zero-order valence-electron chi connectivity index (χ0n) is 11.2. The summed E-state index contributed by atoms with van der Waals surface area (Å²) in [4.78, 5) is 5.25. The summed E-state index contributed by atoms with van der Waals surface area (Å²) < 4.78 is 25.1. The fraction of sp³-hybridized carbons (Fsp3) is 0.250. The van der Waals surface area contributed by atoms with Crippen molar-refractivity contribution in [2.45, 2.75) is 11.4 Å². The molecule has 0 bridgehead atoms. The van der Waals surface area contributed by atoms with Gasteiger partial charge in [0.05, 0.1) is 28.3 Å². The van der Waals surface area contributed by atoms with E-state index in [1.165, 1.54) is 20.2 Å². The van der Waals surface area contributed by atoms with Crippen molar-refractivity contribution in [2.24, 2.45) is 0 Å². The molecule has 0 atom stereocenters. The summed E-state index contributed by atoms with van der Waals surface area (Å²) in [6, 6.07) is 4.68. The molecule has 108 valence electrons. The van der Waals surface area contributed by atoms with E-state index in [0.717, 1.165) is 9.18 Å². The summed E-state index contributed by atoms with van der Waals surface area (Å²) in [5, 5.41) is 3.16. The molecule has 0 saturated carbocycles. The zero-order chi connectivity index (χ0) is 14.8. The van der Waals surface area contributed by atoms with Gasteiger partial charge in [0, 0.05) is 25.2 Å². The van der Waals surface area contributed by atoms with E-state index in [-0.39, 0.29) is 4.90 Å². The van der Waals surface area contributed by atoms with Crippen LogP contribution in [0, 0.1) is 0 Å². The molecule has 1 aromatic carbocycles. The lowest BCUT2D eigenvalue weighted by Gasteiger charge is -2.14. The normalized spacial score (nSPS) is 11.8. The maximum Gasteiger partial charge on any atom is 0.242 e. The molecule has 2 aromatic rings. The Labute approximate surface area is 122 Å². The minimum atomic E-state index is -3.46. The Morgan fingerprint density at radius 2 is 2.15 bits per heavy atom. The number of rotatable bonds is 5. The van der Waals surface area contributed by atoms with Crippen molar-refractivity contribution in [1.82, 2.24) is 9.29 Å². The number of anilines is 2. The fourth-order valence-electron chi connectivity index (χ4n) is 1.58. The SMILES string of the molecule is CN(C)S(=O)(=O)c1ccc(NCc2cncs2)c(N)c1. The third kappa shape index (κ3) is 3.09. The quantitative estimate of drug-likeness (QED) is 0.819. The van der Waals surface area contributed by atoms with Gasteiger partial charge in [0.25, 0.3) is 0 Å². The number of nitrogens with zero attached hydrogens (tertiary/aromatic N) is 2. The van der Waals surface area contributed by atoms with Crippen molar-refractivity contribution in [3.63, 3.8) is 0 Å². The first kappa shape index (κ1) is 14.8. The van der Waals surface area contributed by atoms with Crippen LogP contribution in [-0.4, -0.2) is 31.8 Å². The van der Waals surface area contributed by atoms with Crippen LogP contribution in [0.5, 0.6) is 0 Å². The molecule has 6 nitrogen and oxygen atoms in total. The second kappa shape index (κ2) is 5.78. The highest BCUT2D eigenvalue weighted by Crippen LogP contribution is 2.24. The second-order valence-electron chi connectivity index (χ2n) is 4.36. The first-order valence-corrected chi connectivity index (χ1v) is 8.16. The predicted molar refractivity (Wildman–Crippen MR) is 81.2 cm³/mol. The van der Waals surface area contributed by atoms with E-state index in [2.05, 4.69) is 10.3 Å². The van der Waals surface area contributed by atoms with Crippen LogP contribution in [0.25, 0.3) is 0 Å². The lowest BCUT2D eigenvalue weighted by atomic mass is 10.2. The summed E-state index contributed by atoms with van der Waals surface area (Å²) in [6.45, 7) is 0.606. The van der Waals surface area contributed by atoms with Gasteiger partial charge in [0.15, 0.2) is 0 Å². The molecule has 0 aliphatic heterocycles. The van der Waals surface area contributed by atoms with E-state index in [1.807, 2.05) is 0 Å². The number of thiazole rings is 1. The number of hydrogen-bond acceptors (Lipinski definition) is 6. The number of hydrogen-bond donors (Lipinski definition) is 2. The molecule has 8 heteroatoms. The first-order chi connectivity index (χ1) is 9.41. The molecule has 3 N–H and O–H groups in total. The Bertz CT molecular complexity index is 681. The Hall–Kier alpha value is -1.64. The highest BCUT2D eigenvalue weighted by molar-refractivity contribution is 7.89. The average molecular weight is 312 g/mol. The van der Waals surface area contributed by atoms with Gasteiger partial charge < -0.3 is 11.1 Å². The van der Waals surface area contributed by atoms with E-state index in [0.29, 0.717) is 17.9 Å². The highest BCUT2D eigenvalue weighted by atomic mass is 32.2. The standard InChI is InChI=1S/C12H16N4O2S2/c1-16(2)20(17,18)10-3-4-12(11(13)5-10)15-7-9-6-14-8-19-9/h3-6,8,15H,7,13H2,1-2H3. The van der Waals surface area contributed by atoms with Gasteiger partial charge in [-0.15, -0.1) is 11.3 Å². The minimum absolute atomic E-state index is 0.184. The monoisotopic (exact) mass is 312 g/mol. The topological polar surface area (TPSA) is 88.3 Å². The number of nitrogen functional groups attached to an aromatic ring is 1. The zero-order valence-corrected chi connectivity index (χ0v) is 12.8. The van der Waals surface area contributed by atoms with Crippen LogP contribution in [0.2, 0.25) is 0 Å². The van der Waals surface area contributed by atoms with Crippen molar-refractivity contribution in [2.75, 3.05) is 25.1 Å². The maximum atomic E-state index is 12.0. The number of sulfonamides is 1.